The molecule has 46 heavy (non-hydrogen) atoms. The average Bonchev–Trinajstić information content (AvgIpc) is 3.45. The third-order valence-corrected chi connectivity index (χ3v) is 11.3. The van der Waals surface area contributed by atoms with Crippen molar-refractivity contribution in [2.24, 2.45) is 0 Å². The van der Waals surface area contributed by atoms with Gasteiger partial charge in [0, 0.05) is 42.5 Å². The van der Waals surface area contributed by atoms with E-state index in [2.05, 4.69) is 175 Å². The molecular formula is C42H32Br2N2. The van der Waals surface area contributed by atoms with Gasteiger partial charge in [-0.3, -0.25) is 0 Å². The van der Waals surface area contributed by atoms with E-state index in [0.29, 0.717) is 5.92 Å². The molecule has 1 saturated carbocycles. The van der Waals surface area contributed by atoms with Crippen molar-refractivity contribution >= 4 is 70.7 Å². The first kappa shape index (κ1) is 28.1. The van der Waals surface area contributed by atoms with Gasteiger partial charge in [0.15, 0.2) is 0 Å². The zero-order chi connectivity index (χ0) is 30.8. The Hall–Kier alpha value is -4.12. The van der Waals surface area contributed by atoms with Crippen molar-refractivity contribution in [1.82, 2.24) is 4.57 Å². The Morgan fingerprint density at radius 2 is 1.02 bits per heavy atom. The number of anilines is 3. The van der Waals surface area contributed by atoms with E-state index in [1.807, 2.05) is 0 Å². The van der Waals surface area contributed by atoms with Crippen LogP contribution < -0.4 is 4.90 Å². The van der Waals surface area contributed by atoms with Crippen LogP contribution in [-0.2, 0) is 0 Å². The quantitative estimate of drug-likeness (QED) is 0.172. The summed E-state index contributed by atoms with van der Waals surface area (Å²) in [4.78, 5) is 2.38. The molecule has 1 heterocycles. The minimum Gasteiger partial charge on any atom is -0.310 e. The molecule has 0 spiro atoms. The molecule has 3 aliphatic carbocycles. The molecule has 224 valence electrons. The molecule has 0 unspecified atom stereocenters. The number of hydrogen-bond acceptors (Lipinski definition) is 1. The number of hydrogen-bond donors (Lipinski definition) is 0. The minimum absolute atomic E-state index is 0.696. The lowest BCUT2D eigenvalue weighted by molar-refractivity contribution is 0.359. The van der Waals surface area contributed by atoms with Crippen LogP contribution in [0.15, 0.2) is 142 Å². The van der Waals surface area contributed by atoms with Crippen LogP contribution in [0.1, 0.15) is 48.6 Å². The number of fused-ring (bicyclic) bond motifs is 5. The third-order valence-electron chi connectivity index (χ3n) is 10.2. The largest absolute Gasteiger partial charge is 0.310 e. The zero-order valence-electron chi connectivity index (χ0n) is 25.3. The first-order valence-electron chi connectivity index (χ1n) is 16.2. The second-order valence-corrected chi connectivity index (χ2v) is 14.6. The van der Waals surface area contributed by atoms with E-state index >= 15 is 0 Å². The number of aromatic nitrogens is 1. The van der Waals surface area contributed by atoms with Crippen LogP contribution in [0.3, 0.4) is 0 Å². The lowest BCUT2D eigenvalue weighted by Crippen LogP contribution is -2.21. The maximum Gasteiger partial charge on any atom is 0.0541 e. The zero-order valence-corrected chi connectivity index (χ0v) is 28.5. The third kappa shape index (κ3) is 4.73. The Kier molecular flexibility index (Phi) is 6.91. The van der Waals surface area contributed by atoms with Gasteiger partial charge in [0.05, 0.1) is 11.0 Å². The standard InChI is InChI=1S/C42H32Br2N2/c43-31-14-18-33(19-15-31)45(34-20-16-32(44)17-21-34)35-23-30(29-13-22-37-27-9-11-28(12-10-27)40(37)25-29)24-36(26-35)46-41-7-3-1-5-38(41)39-6-2-4-8-42(39)46/h1-8,13-28H,9-12H2. The highest BCUT2D eigenvalue weighted by molar-refractivity contribution is 9.10. The summed E-state index contributed by atoms with van der Waals surface area (Å²) in [5, 5.41) is 2.54. The van der Waals surface area contributed by atoms with Gasteiger partial charge in [0.1, 0.15) is 0 Å². The van der Waals surface area contributed by atoms with Crippen LogP contribution in [0, 0.1) is 0 Å². The van der Waals surface area contributed by atoms with E-state index in [1.165, 1.54) is 58.6 Å². The molecule has 0 aliphatic heterocycles. The van der Waals surface area contributed by atoms with Gasteiger partial charge < -0.3 is 9.47 Å². The van der Waals surface area contributed by atoms with Crippen molar-refractivity contribution in [3.05, 3.63) is 154 Å². The Morgan fingerprint density at radius 3 is 1.61 bits per heavy atom. The molecule has 6 aromatic carbocycles. The Bertz CT molecular complexity index is 2140. The van der Waals surface area contributed by atoms with E-state index in [9.17, 15) is 0 Å². The van der Waals surface area contributed by atoms with E-state index in [1.54, 1.807) is 11.1 Å². The number of nitrogens with zero attached hydrogens (tertiary/aromatic N) is 2. The fourth-order valence-electron chi connectivity index (χ4n) is 8.04. The summed E-state index contributed by atoms with van der Waals surface area (Å²) in [6.45, 7) is 0. The van der Waals surface area contributed by atoms with E-state index in [-0.39, 0.29) is 0 Å². The molecule has 2 nitrogen and oxygen atoms in total. The molecule has 1 aromatic heterocycles. The number of rotatable bonds is 5. The van der Waals surface area contributed by atoms with Gasteiger partial charge in [-0.1, -0.05) is 86.5 Å². The lowest BCUT2D eigenvalue weighted by Gasteiger charge is -2.38. The lowest BCUT2D eigenvalue weighted by atomic mass is 9.66. The topological polar surface area (TPSA) is 8.17 Å². The molecule has 2 bridgehead atoms. The van der Waals surface area contributed by atoms with Gasteiger partial charge >= 0.3 is 0 Å². The van der Waals surface area contributed by atoms with Crippen LogP contribution in [0.25, 0.3) is 38.6 Å². The monoisotopic (exact) mass is 722 g/mol. The molecule has 3 aliphatic rings. The van der Waals surface area contributed by atoms with E-state index in [4.69, 9.17) is 0 Å². The highest BCUT2D eigenvalue weighted by Crippen LogP contribution is 2.50. The normalized spacial score (nSPS) is 17.0. The van der Waals surface area contributed by atoms with Crippen molar-refractivity contribution in [2.45, 2.75) is 37.5 Å². The molecule has 7 aromatic rings. The average molecular weight is 725 g/mol. The molecule has 1 fully saturated rings. The van der Waals surface area contributed by atoms with Gasteiger partial charge in [0.2, 0.25) is 0 Å². The van der Waals surface area contributed by atoms with Gasteiger partial charge in [-0.2, -0.15) is 0 Å². The van der Waals surface area contributed by atoms with Gasteiger partial charge in [-0.15, -0.1) is 0 Å². The van der Waals surface area contributed by atoms with Gasteiger partial charge in [-0.05, 0) is 139 Å². The molecule has 0 N–H and O–H groups in total. The SMILES string of the molecule is Brc1ccc(N(c2ccc(Br)cc2)c2cc(-c3ccc4c(c3)C3CCC4CC3)cc(-n3c4ccccc4c4ccccc43)c2)cc1. The van der Waals surface area contributed by atoms with Gasteiger partial charge in [0.25, 0.3) is 0 Å². The fraction of sp³-hybridized carbons (Fsp3) is 0.143. The summed E-state index contributed by atoms with van der Waals surface area (Å²) < 4.78 is 4.57. The fourth-order valence-corrected chi connectivity index (χ4v) is 8.57. The van der Waals surface area contributed by atoms with Crippen LogP contribution in [0.5, 0.6) is 0 Å². The predicted molar refractivity (Wildman–Crippen MR) is 200 cm³/mol. The molecule has 10 rings (SSSR count). The maximum atomic E-state index is 3.66. The van der Waals surface area contributed by atoms with Crippen LogP contribution in [0.2, 0.25) is 0 Å². The highest BCUT2D eigenvalue weighted by Gasteiger charge is 2.33. The Balaban J connectivity index is 1.32. The summed E-state index contributed by atoms with van der Waals surface area (Å²) in [6.07, 6.45) is 5.35. The second kappa shape index (κ2) is 11.3. The molecule has 0 saturated heterocycles. The minimum atomic E-state index is 0.696. The summed E-state index contributed by atoms with van der Waals surface area (Å²) in [5.41, 5.74) is 12.6. The Morgan fingerprint density at radius 1 is 0.478 bits per heavy atom. The number of para-hydroxylation sites is 2. The molecule has 0 amide bonds. The van der Waals surface area contributed by atoms with Crippen molar-refractivity contribution in [3.8, 4) is 16.8 Å². The first-order chi connectivity index (χ1) is 22.6. The van der Waals surface area contributed by atoms with E-state index in [0.717, 1.165) is 37.6 Å². The summed E-state index contributed by atoms with van der Waals surface area (Å²) in [6, 6.07) is 49.3. The molecule has 0 radical (unpaired) electrons. The maximum absolute atomic E-state index is 3.66. The highest BCUT2D eigenvalue weighted by atomic mass is 79.9. The number of halogens is 2. The smallest absolute Gasteiger partial charge is 0.0541 e. The van der Waals surface area contributed by atoms with Crippen molar-refractivity contribution < 1.29 is 0 Å². The molecular weight excluding hydrogens is 692 g/mol. The summed E-state index contributed by atoms with van der Waals surface area (Å²) in [5.74, 6) is 1.43. The molecule has 4 heteroatoms. The van der Waals surface area contributed by atoms with Gasteiger partial charge in [-0.25, -0.2) is 0 Å². The van der Waals surface area contributed by atoms with Crippen molar-refractivity contribution in [1.29, 1.82) is 0 Å². The van der Waals surface area contributed by atoms with Crippen molar-refractivity contribution in [3.63, 3.8) is 0 Å². The number of benzene rings is 6. The first-order valence-corrected chi connectivity index (χ1v) is 17.8. The summed E-state index contributed by atoms with van der Waals surface area (Å²) in [7, 11) is 0. The second-order valence-electron chi connectivity index (χ2n) is 12.8. The van der Waals surface area contributed by atoms with Crippen molar-refractivity contribution in [2.75, 3.05) is 4.90 Å². The molecule has 0 atom stereocenters. The van der Waals surface area contributed by atoms with E-state index < -0.39 is 0 Å². The summed E-state index contributed by atoms with van der Waals surface area (Å²) >= 11 is 7.32. The van der Waals surface area contributed by atoms with Crippen LogP contribution >= 0.6 is 31.9 Å². The van der Waals surface area contributed by atoms with Crippen LogP contribution in [-0.4, -0.2) is 4.57 Å². The predicted octanol–water partition coefficient (Wildman–Crippen LogP) is 13.2. The van der Waals surface area contributed by atoms with Crippen LogP contribution in [0.4, 0.5) is 17.1 Å². The Labute approximate surface area is 286 Å².